The molecule has 0 radical (unpaired) electrons. The van der Waals surface area contributed by atoms with Crippen molar-refractivity contribution in [3.05, 3.63) is 69.1 Å². The number of hydrogen-bond donors (Lipinski definition) is 1. The molecule has 0 aliphatic heterocycles. The highest BCUT2D eigenvalue weighted by molar-refractivity contribution is 6.30. The van der Waals surface area contributed by atoms with Crippen molar-refractivity contribution in [2.75, 3.05) is 7.05 Å². The first kappa shape index (κ1) is 14.3. The molecule has 1 amide bonds. The average Bonchev–Trinajstić information content (AvgIpc) is 2.45. The van der Waals surface area contributed by atoms with Gasteiger partial charge in [0.05, 0.1) is 6.04 Å². The van der Waals surface area contributed by atoms with Crippen LogP contribution in [0.2, 0.25) is 5.02 Å². The molecule has 0 aliphatic carbocycles. The molecule has 1 unspecified atom stereocenters. The molecule has 5 heteroatoms. The number of benzene rings is 1. The SMILES string of the molecule is CC(c1cccc(Cl)c1)N(C)C(=O)c1cccc(=O)[nH]1. The van der Waals surface area contributed by atoms with Crippen LogP contribution in [0, 0.1) is 0 Å². The van der Waals surface area contributed by atoms with Crippen LogP contribution in [0.5, 0.6) is 0 Å². The molecule has 1 atom stereocenters. The Labute approximate surface area is 122 Å². The fourth-order valence-corrected chi connectivity index (χ4v) is 2.13. The Balaban J connectivity index is 2.24. The minimum atomic E-state index is -0.292. The van der Waals surface area contributed by atoms with Crippen LogP contribution in [0.4, 0.5) is 0 Å². The van der Waals surface area contributed by atoms with Gasteiger partial charge in [0.15, 0.2) is 0 Å². The maximum Gasteiger partial charge on any atom is 0.270 e. The van der Waals surface area contributed by atoms with E-state index in [2.05, 4.69) is 4.98 Å². The lowest BCUT2D eigenvalue weighted by atomic mass is 10.1. The van der Waals surface area contributed by atoms with Crippen LogP contribution in [-0.4, -0.2) is 22.8 Å². The van der Waals surface area contributed by atoms with Gasteiger partial charge in [-0.2, -0.15) is 0 Å². The van der Waals surface area contributed by atoms with E-state index < -0.39 is 0 Å². The predicted octanol–water partition coefficient (Wildman–Crippen LogP) is 2.86. The molecule has 0 spiro atoms. The molecule has 2 aromatic rings. The van der Waals surface area contributed by atoms with Crippen molar-refractivity contribution in [3.8, 4) is 0 Å². The lowest BCUT2D eigenvalue weighted by molar-refractivity contribution is 0.0736. The first-order valence-corrected chi connectivity index (χ1v) is 6.59. The largest absolute Gasteiger partial charge is 0.334 e. The van der Waals surface area contributed by atoms with Gasteiger partial charge in [-0.1, -0.05) is 29.8 Å². The van der Waals surface area contributed by atoms with Gasteiger partial charge in [0, 0.05) is 18.1 Å². The predicted molar refractivity (Wildman–Crippen MR) is 79.0 cm³/mol. The molecule has 20 heavy (non-hydrogen) atoms. The molecule has 1 heterocycles. The summed E-state index contributed by atoms with van der Waals surface area (Å²) in [7, 11) is 1.69. The third-order valence-corrected chi connectivity index (χ3v) is 3.47. The van der Waals surface area contributed by atoms with Crippen molar-refractivity contribution in [2.45, 2.75) is 13.0 Å². The van der Waals surface area contributed by atoms with E-state index in [-0.39, 0.29) is 23.2 Å². The third-order valence-electron chi connectivity index (χ3n) is 3.23. The summed E-state index contributed by atoms with van der Waals surface area (Å²) in [5.41, 5.74) is 0.917. The van der Waals surface area contributed by atoms with Gasteiger partial charge in [-0.3, -0.25) is 9.59 Å². The van der Waals surface area contributed by atoms with Gasteiger partial charge in [-0.05, 0) is 30.7 Å². The Morgan fingerprint density at radius 1 is 1.25 bits per heavy atom. The molecule has 1 aromatic carbocycles. The fourth-order valence-electron chi connectivity index (χ4n) is 1.93. The van der Waals surface area contributed by atoms with Gasteiger partial charge >= 0.3 is 0 Å². The second-order valence-electron chi connectivity index (χ2n) is 4.58. The van der Waals surface area contributed by atoms with Crippen LogP contribution in [0.15, 0.2) is 47.3 Å². The molecular formula is C15H15ClN2O2. The Morgan fingerprint density at radius 2 is 1.95 bits per heavy atom. The maximum absolute atomic E-state index is 12.3. The summed E-state index contributed by atoms with van der Waals surface area (Å²) in [5.74, 6) is -0.241. The Hall–Kier alpha value is -2.07. The number of aromatic amines is 1. The van der Waals surface area contributed by atoms with Crippen LogP contribution in [0.25, 0.3) is 0 Å². The standard InChI is InChI=1S/C15H15ClN2O2/c1-10(11-5-3-6-12(16)9-11)18(2)15(20)13-7-4-8-14(19)17-13/h3-10H,1-2H3,(H,17,19). The van der Waals surface area contributed by atoms with E-state index >= 15 is 0 Å². The Morgan fingerprint density at radius 3 is 2.60 bits per heavy atom. The summed E-state index contributed by atoms with van der Waals surface area (Å²) in [5, 5.41) is 0.628. The zero-order chi connectivity index (χ0) is 14.7. The molecule has 0 aliphatic rings. The quantitative estimate of drug-likeness (QED) is 0.945. The van der Waals surface area contributed by atoms with Crippen molar-refractivity contribution < 1.29 is 4.79 Å². The van der Waals surface area contributed by atoms with Gasteiger partial charge in [0.1, 0.15) is 5.69 Å². The number of rotatable bonds is 3. The number of nitrogens with one attached hydrogen (secondary N) is 1. The van der Waals surface area contributed by atoms with Crippen molar-refractivity contribution in [2.24, 2.45) is 0 Å². The van der Waals surface area contributed by atoms with Gasteiger partial charge in [0.2, 0.25) is 5.56 Å². The number of H-pyrrole nitrogens is 1. The van der Waals surface area contributed by atoms with E-state index in [4.69, 9.17) is 11.6 Å². The van der Waals surface area contributed by atoms with Crippen LogP contribution in [0.1, 0.15) is 29.0 Å². The number of nitrogens with zero attached hydrogens (tertiary/aromatic N) is 1. The monoisotopic (exact) mass is 290 g/mol. The highest BCUT2D eigenvalue weighted by Gasteiger charge is 2.19. The zero-order valence-electron chi connectivity index (χ0n) is 11.3. The van der Waals surface area contributed by atoms with Gasteiger partial charge in [-0.15, -0.1) is 0 Å². The Bertz CT molecular complexity index is 681. The van der Waals surface area contributed by atoms with E-state index in [1.54, 1.807) is 30.1 Å². The molecule has 0 saturated carbocycles. The van der Waals surface area contributed by atoms with E-state index in [0.717, 1.165) is 5.56 Å². The second kappa shape index (κ2) is 5.92. The number of halogens is 1. The van der Waals surface area contributed by atoms with Crippen LogP contribution < -0.4 is 5.56 Å². The van der Waals surface area contributed by atoms with E-state index in [1.807, 2.05) is 25.1 Å². The van der Waals surface area contributed by atoms with E-state index in [9.17, 15) is 9.59 Å². The van der Waals surface area contributed by atoms with Gasteiger partial charge < -0.3 is 9.88 Å². The van der Waals surface area contributed by atoms with Crippen molar-refractivity contribution in [1.82, 2.24) is 9.88 Å². The second-order valence-corrected chi connectivity index (χ2v) is 5.01. The highest BCUT2D eigenvalue weighted by Crippen LogP contribution is 2.22. The molecule has 104 valence electrons. The number of pyridine rings is 1. The van der Waals surface area contributed by atoms with Crippen LogP contribution in [0.3, 0.4) is 0 Å². The maximum atomic E-state index is 12.3. The highest BCUT2D eigenvalue weighted by atomic mass is 35.5. The van der Waals surface area contributed by atoms with Gasteiger partial charge in [-0.25, -0.2) is 0 Å². The average molecular weight is 291 g/mol. The lowest BCUT2D eigenvalue weighted by Crippen LogP contribution is -2.31. The summed E-state index contributed by atoms with van der Waals surface area (Å²) in [6.45, 7) is 1.91. The molecule has 0 bridgehead atoms. The van der Waals surface area contributed by atoms with Gasteiger partial charge in [0.25, 0.3) is 5.91 Å². The van der Waals surface area contributed by atoms with Crippen LogP contribution >= 0.6 is 11.6 Å². The minimum absolute atomic E-state index is 0.148. The molecule has 0 fully saturated rings. The topological polar surface area (TPSA) is 53.2 Å². The molecule has 2 rings (SSSR count). The number of carbonyl (C=O) groups is 1. The molecule has 1 N–H and O–H groups in total. The van der Waals surface area contributed by atoms with E-state index in [1.165, 1.54) is 6.07 Å². The third kappa shape index (κ3) is 3.08. The molecular weight excluding hydrogens is 276 g/mol. The smallest absolute Gasteiger partial charge is 0.270 e. The first-order valence-electron chi connectivity index (χ1n) is 6.21. The minimum Gasteiger partial charge on any atom is -0.334 e. The Kier molecular flexibility index (Phi) is 4.25. The van der Waals surface area contributed by atoms with Crippen molar-refractivity contribution in [1.29, 1.82) is 0 Å². The molecule has 0 saturated heterocycles. The lowest BCUT2D eigenvalue weighted by Gasteiger charge is -2.25. The normalized spacial score (nSPS) is 11.9. The number of carbonyl (C=O) groups excluding carboxylic acids is 1. The van der Waals surface area contributed by atoms with Crippen molar-refractivity contribution in [3.63, 3.8) is 0 Å². The van der Waals surface area contributed by atoms with Crippen LogP contribution in [-0.2, 0) is 0 Å². The zero-order valence-corrected chi connectivity index (χ0v) is 12.0. The summed E-state index contributed by atoms with van der Waals surface area (Å²) in [4.78, 5) is 27.7. The molecule has 1 aromatic heterocycles. The fraction of sp³-hybridized carbons (Fsp3) is 0.200. The molecule has 4 nitrogen and oxygen atoms in total. The summed E-state index contributed by atoms with van der Waals surface area (Å²) in [6, 6.07) is 11.7. The summed E-state index contributed by atoms with van der Waals surface area (Å²) >= 11 is 5.96. The first-order chi connectivity index (χ1) is 9.49. The number of aromatic nitrogens is 1. The number of hydrogen-bond acceptors (Lipinski definition) is 2. The van der Waals surface area contributed by atoms with Crippen molar-refractivity contribution >= 4 is 17.5 Å². The summed E-state index contributed by atoms with van der Waals surface area (Å²) < 4.78 is 0. The summed E-state index contributed by atoms with van der Waals surface area (Å²) in [6.07, 6.45) is 0. The van der Waals surface area contributed by atoms with E-state index in [0.29, 0.717) is 5.02 Å². The number of amides is 1.